The highest BCUT2D eigenvalue weighted by Gasteiger charge is 2.19. The van der Waals surface area contributed by atoms with Crippen molar-refractivity contribution in [3.8, 4) is 0 Å². The van der Waals surface area contributed by atoms with Crippen molar-refractivity contribution in [2.45, 2.75) is 38.6 Å². The summed E-state index contributed by atoms with van der Waals surface area (Å²) in [4.78, 5) is 15.6. The molecule has 0 aliphatic carbocycles. The quantitative estimate of drug-likeness (QED) is 0.688. The Bertz CT molecular complexity index is 198. The van der Waals surface area contributed by atoms with Crippen LogP contribution in [-0.2, 0) is 4.79 Å². The summed E-state index contributed by atoms with van der Waals surface area (Å²) in [6.07, 6.45) is 4.29. The fraction of sp³-hybridized carbons (Fsp3) is 0.917. The first-order chi connectivity index (χ1) is 7.09. The van der Waals surface area contributed by atoms with E-state index in [1.165, 1.54) is 25.9 Å². The second-order valence-corrected chi connectivity index (χ2v) is 4.82. The zero-order chi connectivity index (χ0) is 11.3. The molecule has 0 radical (unpaired) electrons. The smallest absolute Gasteiger partial charge is 0.129 e. The molecular formula is C12H24N2O. The molecular weight excluding hydrogens is 188 g/mol. The molecule has 1 fully saturated rings. The molecule has 0 aromatic heterocycles. The van der Waals surface area contributed by atoms with Crippen molar-refractivity contribution in [3.05, 3.63) is 0 Å². The van der Waals surface area contributed by atoms with Crippen molar-refractivity contribution in [2.75, 3.05) is 33.7 Å². The number of piperidine rings is 1. The average molecular weight is 212 g/mol. The Balaban J connectivity index is 2.16. The van der Waals surface area contributed by atoms with E-state index in [0.717, 1.165) is 25.4 Å². The maximum absolute atomic E-state index is 10.8. The fourth-order valence-electron chi connectivity index (χ4n) is 2.20. The third-order valence-corrected chi connectivity index (χ3v) is 3.35. The third kappa shape index (κ3) is 4.76. The maximum atomic E-state index is 10.8. The van der Waals surface area contributed by atoms with Gasteiger partial charge in [-0.2, -0.15) is 0 Å². The van der Waals surface area contributed by atoms with E-state index in [0.29, 0.717) is 5.78 Å². The first-order valence-corrected chi connectivity index (χ1v) is 5.98. The molecule has 1 aliphatic heterocycles. The molecule has 1 aliphatic rings. The minimum absolute atomic E-state index is 0.312. The lowest BCUT2D eigenvalue weighted by molar-refractivity contribution is -0.117. The van der Waals surface area contributed by atoms with E-state index in [4.69, 9.17) is 0 Å². The van der Waals surface area contributed by atoms with Gasteiger partial charge in [-0.15, -0.1) is 0 Å². The lowest BCUT2D eigenvalue weighted by Gasteiger charge is -2.35. The lowest BCUT2D eigenvalue weighted by Crippen LogP contribution is -2.42. The van der Waals surface area contributed by atoms with Gasteiger partial charge in [0.15, 0.2) is 0 Å². The van der Waals surface area contributed by atoms with Crippen LogP contribution in [0.5, 0.6) is 0 Å². The van der Waals surface area contributed by atoms with Crippen LogP contribution in [0.4, 0.5) is 0 Å². The van der Waals surface area contributed by atoms with Crippen molar-refractivity contribution < 1.29 is 4.79 Å². The second-order valence-electron chi connectivity index (χ2n) is 4.82. The van der Waals surface area contributed by atoms with E-state index < -0.39 is 0 Å². The van der Waals surface area contributed by atoms with Gasteiger partial charge in [0.1, 0.15) is 5.78 Å². The number of carbonyl (C=O) groups excluding carboxylic acids is 1. The molecule has 0 saturated carbocycles. The molecule has 0 amide bonds. The van der Waals surface area contributed by atoms with Crippen LogP contribution in [0, 0.1) is 0 Å². The van der Waals surface area contributed by atoms with Gasteiger partial charge in [-0.1, -0.05) is 0 Å². The predicted molar refractivity (Wildman–Crippen MR) is 63.1 cm³/mol. The highest BCUT2D eigenvalue weighted by molar-refractivity contribution is 5.75. The van der Waals surface area contributed by atoms with Crippen LogP contribution in [0.3, 0.4) is 0 Å². The molecule has 1 saturated heterocycles. The van der Waals surface area contributed by atoms with Crippen molar-refractivity contribution in [1.82, 2.24) is 9.80 Å². The number of rotatable bonds is 5. The van der Waals surface area contributed by atoms with Crippen LogP contribution < -0.4 is 0 Å². The van der Waals surface area contributed by atoms with Gasteiger partial charge in [-0.3, -0.25) is 0 Å². The molecule has 0 N–H and O–H groups in total. The normalized spacial score (nSPS) is 19.7. The van der Waals surface area contributed by atoms with Gasteiger partial charge < -0.3 is 14.6 Å². The van der Waals surface area contributed by atoms with Crippen molar-refractivity contribution >= 4 is 5.78 Å². The Morgan fingerprint density at radius 2 is 2.00 bits per heavy atom. The number of ketones is 1. The van der Waals surface area contributed by atoms with Crippen molar-refractivity contribution in [2.24, 2.45) is 0 Å². The average Bonchev–Trinajstić information content (AvgIpc) is 2.18. The second kappa shape index (κ2) is 6.23. The van der Waals surface area contributed by atoms with Crippen LogP contribution in [0.1, 0.15) is 32.6 Å². The molecule has 1 rings (SSSR count). The molecule has 3 nitrogen and oxygen atoms in total. The molecule has 0 bridgehead atoms. The van der Waals surface area contributed by atoms with E-state index in [9.17, 15) is 4.79 Å². The molecule has 0 aromatic carbocycles. The van der Waals surface area contributed by atoms with Gasteiger partial charge in [-0.25, -0.2) is 0 Å². The first kappa shape index (κ1) is 12.7. The Labute approximate surface area is 93.4 Å². The van der Waals surface area contributed by atoms with Gasteiger partial charge in [0.25, 0.3) is 0 Å². The summed E-state index contributed by atoms with van der Waals surface area (Å²) in [5.41, 5.74) is 0. The van der Waals surface area contributed by atoms with Crippen molar-refractivity contribution in [1.29, 1.82) is 0 Å². The van der Waals surface area contributed by atoms with Gasteiger partial charge >= 0.3 is 0 Å². The minimum atomic E-state index is 0.312. The summed E-state index contributed by atoms with van der Waals surface area (Å²) >= 11 is 0. The number of likely N-dealkylation sites (tertiary alicyclic amines) is 1. The van der Waals surface area contributed by atoms with E-state index >= 15 is 0 Å². The molecule has 15 heavy (non-hydrogen) atoms. The largest absolute Gasteiger partial charge is 0.306 e. The van der Waals surface area contributed by atoms with Crippen LogP contribution >= 0.6 is 0 Å². The summed E-state index contributed by atoms with van der Waals surface area (Å²) in [6, 6.07) is 0.730. The van der Waals surface area contributed by atoms with Crippen LogP contribution in [0.25, 0.3) is 0 Å². The zero-order valence-corrected chi connectivity index (χ0v) is 10.3. The van der Waals surface area contributed by atoms with Gasteiger partial charge in [0, 0.05) is 12.5 Å². The molecule has 0 unspecified atom stereocenters. The summed E-state index contributed by atoms with van der Waals surface area (Å²) in [6.45, 7) is 5.16. The monoisotopic (exact) mass is 212 g/mol. The van der Waals surface area contributed by atoms with Gasteiger partial charge in [0.05, 0.1) is 0 Å². The molecule has 1 heterocycles. The number of hydrogen-bond donors (Lipinski definition) is 0. The number of nitrogens with zero attached hydrogens (tertiary/aromatic N) is 2. The molecule has 0 aromatic rings. The number of Topliss-reactive ketones (excluding diaryl/α,β-unsaturated/α-hetero) is 1. The zero-order valence-electron chi connectivity index (χ0n) is 10.3. The number of carbonyl (C=O) groups is 1. The van der Waals surface area contributed by atoms with E-state index in [1.807, 2.05) is 0 Å². The van der Waals surface area contributed by atoms with Crippen LogP contribution in [-0.4, -0.2) is 55.4 Å². The maximum Gasteiger partial charge on any atom is 0.129 e. The lowest BCUT2D eigenvalue weighted by atomic mass is 10.0. The Kier molecular flexibility index (Phi) is 5.26. The fourth-order valence-corrected chi connectivity index (χ4v) is 2.20. The minimum Gasteiger partial charge on any atom is -0.306 e. The molecule has 0 spiro atoms. The van der Waals surface area contributed by atoms with Gasteiger partial charge in [0.2, 0.25) is 0 Å². The highest BCUT2D eigenvalue weighted by atomic mass is 16.1. The highest BCUT2D eigenvalue weighted by Crippen LogP contribution is 2.14. The summed E-state index contributed by atoms with van der Waals surface area (Å²) in [5, 5.41) is 0. The number of hydrogen-bond acceptors (Lipinski definition) is 3. The topological polar surface area (TPSA) is 23.6 Å². The van der Waals surface area contributed by atoms with Gasteiger partial charge in [-0.05, 0) is 59.9 Å². The third-order valence-electron chi connectivity index (χ3n) is 3.35. The Morgan fingerprint density at radius 1 is 1.40 bits per heavy atom. The van der Waals surface area contributed by atoms with Crippen molar-refractivity contribution in [3.63, 3.8) is 0 Å². The Hall–Kier alpha value is -0.410. The molecule has 88 valence electrons. The standard InChI is InChI=1S/C12H24N2O/c1-11(15)5-4-8-14(3)12-6-9-13(2)10-7-12/h12H,4-10H2,1-3H3. The summed E-state index contributed by atoms with van der Waals surface area (Å²) in [7, 11) is 4.38. The summed E-state index contributed by atoms with van der Waals surface area (Å²) < 4.78 is 0. The van der Waals surface area contributed by atoms with E-state index in [2.05, 4.69) is 23.9 Å². The van der Waals surface area contributed by atoms with Crippen LogP contribution in [0.15, 0.2) is 0 Å². The Morgan fingerprint density at radius 3 is 2.53 bits per heavy atom. The predicted octanol–water partition coefficient (Wildman–Crippen LogP) is 1.38. The SMILES string of the molecule is CC(=O)CCCN(C)C1CCN(C)CC1. The van der Waals surface area contributed by atoms with E-state index in [-0.39, 0.29) is 0 Å². The molecule has 0 atom stereocenters. The van der Waals surface area contributed by atoms with Crippen LogP contribution in [0.2, 0.25) is 0 Å². The summed E-state index contributed by atoms with van der Waals surface area (Å²) in [5.74, 6) is 0.312. The van der Waals surface area contributed by atoms with E-state index in [1.54, 1.807) is 6.92 Å². The first-order valence-electron chi connectivity index (χ1n) is 5.98. The molecule has 3 heteroatoms.